The van der Waals surface area contributed by atoms with E-state index in [4.69, 9.17) is 9.47 Å². The molecule has 1 heterocycles. The number of allylic oxidation sites excluding steroid dienone is 2. The summed E-state index contributed by atoms with van der Waals surface area (Å²) in [7, 11) is 3.13. The monoisotopic (exact) mass is 353 g/mol. The minimum atomic E-state index is -0.177. The van der Waals surface area contributed by atoms with Crippen LogP contribution >= 0.6 is 0 Å². The molecule has 1 saturated heterocycles. The van der Waals surface area contributed by atoms with Crippen LogP contribution in [0.15, 0.2) is 30.4 Å². The summed E-state index contributed by atoms with van der Waals surface area (Å²) in [5.41, 5.74) is 0.531. The highest BCUT2D eigenvalue weighted by molar-refractivity contribution is 6.22. The number of benzene rings is 1. The van der Waals surface area contributed by atoms with Crippen molar-refractivity contribution < 1.29 is 19.1 Å². The first-order chi connectivity index (χ1) is 12.6. The van der Waals surface area contributed by atoms with E-state index in [1.165, 1.54) is 11.3 Å². The smallest absolute Gasteiger partial charge is 0.237 e. The Labute approximate surface area is 153 Å². The first-order valence-corrected chi connectivity index (χ1v) is 9.40. The maximum atomic E-state index is 13.2. The Hall–Kier alpha value is -2.30. The standard InChI is InChI=1S/C21H23NO4/c1-25-13-5-6-18(19(8-13)26-2)22-20(23)16-9-14-11-3-4-12(7-11)15(14)10-17(16)21(22)24/h3-6,8,11-12,14-17H,7,9-10H2,1-2H3. The molecule has 26 heavy (non-hydrogen) atoms. The minimum Gasteiger partial charge on any atom is -0.497 e. The number of carbonyl (C=O) groups is 2. The summed E-state index contributed by atoms with van der Waals surface area (Å²) in [5.74, 6) is 3.01. The van der Waals surface area contributed by atoms with E-state index < -0.39 is 0 Å². The summed E-state index contributed by atoms with van der Waals surface area (Å²) in [4.78, 5) is 27.7. The highest BCUT2D eigenvalue weighted by atomic mass is 16.5. The molecule has 0 radical (unpaired) electrons. The number of methoxy groups -OCH3 is 2. The summed E-state index contributed by atoms with van der Waals surface area (Å²) >= 11 is 0. The van der Waals surface area contributed by atoms with Crippen LogP contribution in [-0.4, -0.2) is 26.0 Å². The van der Waals surface area contributed by atoms with Gasteiger partial charge < -0.3 is 9.47 Å². The maximum Gasteiger partial charge on any atom is 0.237 e. The highest BCUT2D eigenvalue weighted by Crippen LogP contribution is 2.58. The quantitative estimate of drug-likeness (QED) is 0.619. The largest absolute Gasteiger partial charge is 0.497 e. The number of hydrogen-bond acceptors (Lipinski definition) is 4. The van der Waals surface area contributed by atoms with Crippen molar-refractivity contribution in [3.05, 3.63) is 30.4 Å². The molecule has 2 saturated carbocycles. The Balaban J connectivity index is 1.48. The zero-order valence-electron chi connectivity index (χ0n) is 15.1. The zero-order chi connectivity index (χ0) is 18.0. The molecule has 5 nitrogen and oxygen atoms in total. The predicted molar refractivity (Wildman–Crippen MR) is 96.0 cm³/mol. The normalized spacial score (nSPS) is 37.1. The van der Waals surface area contributed by atoms with Crippen LogP contribution in [-0.2, 0) is 9.59 Å². The summed E-state index contributed by atoms with van der Waals surface area (Å²) in [6.07, 6.45) is 7.57. The van der Waals surface area contributed by atoms with Crippen molar-refractivity contribution in [2.45, 2.75) is 19.3 Å². The van der Waals surface area contributed by atoms with Crippen molar-refractivity contribution in [3.63, 3.8) is 0 Å². The van der Waals surface area contributed by atoms with Gasteiger partial charge in [-0.2, -0.15) is 0 Å². The van der Waals surface area contributed by atoms with Crippen LogP contribution in [0.4, 0.5) is 5.69 Å². The van der Waals surface area contributed by atoms with Crippen LogP contribution in [0.2, 0.25) is 0 Å². The van der Waals surface area contributed by atoms with Gasteiger partial charge in [-0.25, -0.2) is 4.90 Å². The molecule has 1 aromatic carbocycles. The first-order valence-electron chi connectivity index (χ1n) is 9.40. The van der Waals surface area contributed by atoms with E-state index in [9.17, 15) is 9.59 Å². The van der Waals surface area contributed by atoms with E-state index in [0.29, 0.717) is 40.9 Å². The summed E-state index contributed by atoms with van der Waals surface area (Å²) in [6, 6.07) is 5.23. The Morgan fingerprint density at radius 2 is 1.50 bits per heavy atom. The molecule has 136 valence electrons. The number of amides is 2. The Morgan fingerprint density at radius 1 is 0.885 bits per heavy atom. The van der Waals surface area contributed by atoms with Crippen molar-refractivity contribution >= 4 is 17.5 Å². The zero-order valence-corrected chi connectivity index (χ0v) is 15.1. The number of anilines is 1. The molecular formula is C21H23NO4. The Bertz CT molecular complexity index is 778. The van der Waals surface area contributed by atoms with Crippen molar-refractivity contribution in [2.75, 3.05) is 19.1 Å². The van der Waals surface area contributed by atoms with Crippen molar-refractivity contribution in [3.8, 4) is 11.5 Å². The van der Waals surface area contributed by atoms with Crippen LogP contribution in [0, 0.1) is 35.5 Å². The highest BCUT2D eigenvalue weighted by Gasteiger charge is 2.58. The van der Waals surface area contributed by atoms with Crippen LogP contribution in [0.3, 0.4) is 0 Å². The van der Waals surface area contributed by atoms with Gasteiger partial charge in [-0.15, -0.1) is 0 Å². The molecule has 0 spiro atoms. The number of rotatable bonds is 3. The second kappa shape index (κ2) is 5.60. The number of fused-ring (bicyclic) bond motifs is 6. The van der Waals surface area contributed by atoms with Gasteiger partial charge in [0.15, 0.2) is 0 Å². The third kappa shape index (κ3) is 2.03. The van der Waals surface area contributed by atoms with Gasteiger partial charge >= 0.3 is 0 Å². The third-order valence-electron chi connectivity index (χ3n) is 7.04. The third-order valence-corrected chi connectivity index (χ3v) is 7.04. The lowest BCUT2D eigenvalue weighted by Gasteiger charge is -2.37. The topological polar surface area (TPSA) is 55.8 Å². The van der Waals surface area contributed by atoms with Crippen LogP contribution in [0.1, 0.15) is 19.3 Å². The van der Waals surface area contributed by atoms with Gasteiger partial charge in [-0.3, -0.25) is 9.59 Å². The molecule has 3 fully saturated rings. The second-order valence-corrected chi connectivity index (χ2v) is 8.01. The molecule has 1 aromatic rings. The molecule has 6 unspecified atom stereocenters. The number of ether oxygens (including phenoxy) is 2. The van der Waals surface area contributed by atoms with Crippen LogP contribution < -0.4 is 14.4 Å². The van der Waals surface area contributed by atoms with Crippen LogP contribution in [0.5, 0.6) is 11.5 Å². The minimum absolute atomic E-state index is 0.0614. The second-order valence-electron chi connectivity index (χ2n) is 8.01. The van der Waals surface area contributed by atoms with Crippen molar-refractivity contribution in [2.24, 2.45) is 35.5 Å². The molecule has 2 bridgehead atoms. The molecule has 2 amide bonds. The molecule has 4 aliphatic rings. The van der Waals surface area contributed by atoms with E-state index in [2.05, 4.69) is 12.2 Å². The molecule has 0 N–H and O–H groups in total. The van der Waals surface area contributed by atoms with E-state index in [-0.39, 0.29) is 23.7 Å². The lowest BCUT2D eigenvalue weighted by Crippen LogP contribution is -2.35. The van der Waals surface area contributed by atoms with Crippen LogP contribution in [0.25, 0.3) is 0 Å². The first kappa shape index (κ1) is 15.9. The number of nitrogens with zero attached hydrogens (tertiary/aromatic N) is 1. The molecule has 6 atom stereocenters. The molecule has 5 heteroatoms. The predicted octanol–water partition coefficient (Wildman–Crippen LogP) is 3.04. The van der Waals surface area contributed by atoms with Gasteiger partial charge in [-0.1, -0.05) is 12.2 Å². The fraction of sp³-hybridized carbons (Fsp3) is 0.524. The average molecular weight is 353 g/mol. The molecular weight excluding hydrogens is 330 g/mol. The fourth-order valence-electron chi connectivity index (χ4n) is 5.83. The lowest BCUT2D eigenvalue weighted by atomic mass is 9.65. The van der Waals surface area contributed by atoms with Gasteiger partial charge in [-0.05, 0) is 55.1 Å². The maximum absolute atomic E-state index is 13.2. The van der Waals surface area contributed by atoms with Gasteiger partial charge in [0.2, 0.25) is 11.8 Å². The van der Waals surface area contributed by atoms with E-state index in [1.54, 1.807) is 32.4 Å². The van der Waals surface area contributed by atoms with Gasteiger partial charge in [0.1, 0.15) is 11.5 Å². The summed E-state index contributed by atoms with van der Waals surface area (Å²) in [6.45, 7) is 0. The summed E-state index contributed by atoms with van der Waals surface area (Å²) in [5, 5.41) is 0. The summed E-state index contributed by atoms with van der Waals surface area (Å²) < 4.78 is 10.7. The molecule has 5 rings (SSSR count). The van der Waals surface area contributed by atoms with E-state index >= 15 is 0 Å². The molecule has 0 aromatic heterocycles. The molecule has 3 aliphatic carbocycles. The molecule has 1 aliphatic heterocycles. The van der Waals surface area contributed by atoms with Crippen molar-refractivity contribution in [1.82, 2.24) is 0 Å². The lowest BCUT2D eigenvalue weighted by molar-refractivity contribution is -0.122. The number of imide groups is 1. The van der Waals surface area contributed by atoms with Gasteiger partial charge in [0.25, 0.3) is 0 Å². The number of hydrogen-bond donors (Lipinski definition) is 0. The Kier molecular flexibility index (Phi) is 3.43. The SMILES string of the molecule is COc1ccc(N2C(=O)C3CC4C5C=CC(C5)C4CC3C2=O)c(OC)c1. The van der Waals surface area contributed by atoms with E-state index in [1.807, 2.05) is 0 Å². The Morgan fingerprint density at radius 3 is 2.04 bits per heavy atom. The fourth-order valence-corrected chi connectivity index (χ4v) is 5.83. The van der Waals surface area contributed by atoms with Gasteiger partial charge in [0, 0.05) is 6.07 Å². The number of carbonyl (C=O) groups excluding carboxylic acids is 2. The van der Waals surface area contributed by atoms with Gasteiger partial charge in [0.05, 0.1) is 31.7 Å². The van der Waals surface area contributed by atoms with E-state index in [0.717, 1.165) is 12.8 Å². The average Bonchev–Trinajstić information content (AvgIpc) is 3.34. The van der Waals surface area contributed by atoms with Crippen molar-refractivity contribution in [1.29, 1.82) is 0 Å².